The zero-order valence-electron chi connectivity index (χ0n) is 12.2. The van der Waals surface area contributed by atoms with E-state index in [9.17, 15) is 0 Å². The van der Waals surface area contributed by atoms with E-state index in [1.807, 2.05) is 0 Å². The van der Waals surface area contributed by atoms with Crippen LogP contribution in [0.3, 0.4) is 0 Å². The number of hydrogen-bond acceptors (Lipinski definition) is 3. The number of ether oxygens (including phenoxy) is 1. The molecule has 0 unspecified atom stereocenters. The maximum atomic E-state index is 5.52. The predicted octanol–water partition coefficient (Wildman–Crippen LogP) is 1.91. The lowest BCUT2D eigenvalue weighted by Gasteiger charge is -2.35. The van der Waals surface area contributed by atoms with Gasteiger partial charge in [-0.1, -0.05) is 13.8 Å². The average Bonchev–Trinajstić information content (AvgIpc) is 2.77. The van der Waals surface area contributed by atoms with Crippen molar-refractivity contribution in [2.45, 2.75) is 52.6 Å². The Bertz CT molecular complexity index is 446. The van der Waals surface area contributed by atoms with Crippen molar-refractivity contribution >= 4 is 0 Å². The molecule has 1 aromatic heterocycles. The molecule has 0 radical (unpaired) electrons. The van der Waals surface area contributed by atoms with Crippen LogP contribution in [0, 0.1) is 5.41 Å². The molecule has 0 saturated carbocycles. The van der Waals surface area contributed by atoms with Crippen molar-refractivity contribution < 1.29 is 4.74 Å². The lowest BCUT2D eigenvalue weighted by molar-refractivity contribution is 0.0148. The zero-order valence-corrected chi connectivity index (χ0v) is 12.2. The van der Waals surface area contributed by atoms with Crippen molar-refractivity contribution in [3.63, 3.8) is 0 Å². The van der Waals surface area contributed by atoms with E-state index >= 15 is 0 Å². The van der Waals surface area contributed by atoms with E-state index in [0.717, 1.165) is 45.7 Å². The summed E-state index contributed by atoms with van der Waals surface area (Å²) >= 11 is 0. The molecule has 1 fully saturated rings. The molecule has 2 aliphatic rings. The van der Waals surface area contributed by atoms with Gasteiger partial charge in [-0.2, -0.15) is 0 Å². The first-order valence-electron chi connectivity index (χ1n) is 7.57. The molecule has 0 bridgehead atoms. The molecule has 4 nitrogen and oxygen atoms in total. The van der Waals surface area contributed by atoms with Gasteiger partial charge in [0.05, 0.1) is 5.69 Å². The monoisotopic (exact) mass is 263 g/mol. The van der Waals surface area contributed by atoms with Crippen molar-refractivity contribution in [2.24, 2.45) is 5.41 Å². The third-order valence-electron chi connectivity index (χ3n) is 4.62. The average molecular weight is 263 g/mol. The van der Waals surface area contributed by atoms with E-state index in [4.69, 9.17) is 9.72 Å². The smallest absolute Gasteiger partial charge is 0.108 e. The molecule has 1 saturated heterocycles. The zero-order chi connectivity index (χ0) is 13.3. The number of hydrogen-bond donors (Lipinski definition) is 1. The lowest BCUT2D eigenvalue weighted by Crippen LogP contribution is -2.33. The van der Waals surface area contributed by atoms with Crippen LogP contribution in [0.1, 0.15) is 43.9 Å². The van der Waals surface area contributed by atoms with Gasteiger partial charge in [-0.3, -0.25) is 0 Å². The molecular formula is C15H25N3O. The Balaban J connectivity index is 1.88. The van der Waals surface area contributed by atoms with Crippen LogP contribution in [0.2, 0.25) is 0 Å². The largest absolute Gasteiger partial charge is 0.381 e. The highest BCUT2D eigenvalue weighted by Crippen LogP contribution is 2.33. The molecule has 1 N–H and O–H groups in total. The highest BCUT2D eigenvalue weighted by Gasteiger charge is 2.30. The Morgan fingerprint density at radius 1 is 1.37 bits per heavy atom. The lowest BCUT2D eigenvalue weighted by atomic mass is 9.82. The standard InChI is InChI=1S/C15H25N3O/c1-3-14-17-12-10-16-7-4-13(12)18(14)11-15(2)5-8-19-9-6-15/h16H,3-11H2,1-2H3. The summed E-state index contributed by atoms with van der Waals surface area (Å²) in [7, 11) is 0. The van der Waals surface area contributed by atoms with Crippen molar-refractivity contribution in [1.29, 1.82) is 0 Å². The fourth-order valence-corrected chi connectivity index (χ4v) is 3.29. The summed E-state index contributed by atoms with van der Waals surface area (Å²) in [5, 5.41) is 3.42. The molecule has 0 amide bonds. The Morgan fingerprint density at radius 3 is 2.89 bits per heavy atom. The van der Waals surface area contributed by atoms with E-state index in [1.165, 1.54) is 30.1 Å². The third kappa shape index (κ3) is 2.56. The maximum Gasteiger partial charge on any atom is 0.108 e. The molecule has 3 rings (SSSR count). The van der Waals surface area contributed by atoms with Gasteiger partial charge < -0.3 is 14.6 Å². The third-order valence-corrected chi connectivity index (χ3v) is 4.62. The minimum absolute atomic E-state index is 0.377. The number of fused-ring (bicyclic) bond motifs is 1. The van der Waals surface area contributed by atoms with Crippen LogP contribution in [0.15, 0.2) is 0 Å². The first-order valence-corrected chi connectivity index (χ1v) is 7.57. The summed E-state index contributed by atoms with van der Waals surface area (Å²) in [5.41, 5.74) is 3.13. The SMILES string of the molecule is CCc1nc2c(n1CC1(C)CCOCC1)CCNC2. The predicted molar refractivity (Wildman–Crippen MR) is 75.2 cm³/mol. The summed E-state index contributed by atoms with van der Waals surface area (Å²) < 4.78 is 8.03. The summed E-state index contributed by atoms with van der Waals surface area (Å²) in [5.74, 6) is 1.27. The normalized spacial score (nSPS) is 22.2. The topological polar surface area (TPSA) is 39.1 Å². The van der Waals surface area contributed by atoms with Gasteiger partial charge >= 0.3 is 0 Å². The number of aromatic nitrogens is 2. The Hall–Kier alpha value is -0.870. The first kappa shape index (κ1) is 13.1. The second kappa shape index (κ2) is 5.25. The molecule has 2 aliphatic heterocycles. The molecule has 0 aromatic carbocycles. The highest BCUT2D eigenvalue weighted by molar-refractivity contribution is 5.20. The van der Waals surface area contributed by atoms with E-state index in [1.54, 1.807) is 0 Å². The second-order valence-corrected chi connectivity index (χ2v) is 6.21. The molecule has 0 spiro atoms. The van der Waals surface area contributed by atoms with Gasteiger partial charge in [0.25, 0.3) is 0 Å². The van der Waals surface area contributed by atoms with E-state index in [0.29, 0.717) is 5.41 Å². The van der Waals surface area contributed by atoms with Gasteiger partial charge in [-0.05, 0) is 18.3 Å². The van der Waals surface area contributed by atoms with Crippen LogP contribution >= 0.6 is 0 Å². The van der Waals surface area contributed by atoms with E-state index in [-0.39, 0.29) is 0 Å². The van der Waals surface area contributed by atoms with Gasteiger partial charge in [-0.25, -0.2) is 4.98 Å². The fourth-order valence-electron chi connectivity index (χ4n) is 3.29. The molecule has 0 aliphatic carbocycles. The fraction of sp³-hybridized carbons (Fsp3) is 0.800. The van der Waals surface area contributed by atoms with Crippen molar-refractivity contribution in [3.05, 3.63) is 17.2 Å². The minimum atomic E-state index is 0.377. The summed E-state index contributed by atoms with van der Waals surface area (Å²) in [6.45, 7) is 9.58. The molecule has 1 aromatic rings. The van der Waals surface area contributed by atoms with Crippen LogP contribution in [0.5, 0.6) is 0 Å². The van der Waals surface area contributed by atoms with E-state index in [2.05, 4.69) is 23.7 Å². The highest BCUT2D eigenvalue weighted by atomic mass is 16.5. The summed E-state index contributed by atoms with van der Waals surface area (Å²) in [6, 6.07) is 0. The van der Waals surface area contributed by atoms with Gasteiger partial charge in [0.1, 0.15) is 5.82 Å². The van der Waals surface area contributed by atoms with Crippen molar-refractivity contribution in [1.82, 2.24) is 14.9 Å². The van der Waals surface area contributed by atoms with E-state index < -0.39 is 0 Å². The van der Waals surface area contributed by atoms with Crippen LogP contribution in [0.4, 0.5) is 0 Å². The molecule has 19 heavy (non-hydrogen) atoms. The van der Waals surface area contributed by atoms with Crippen LogP contribution < -0.4 is 5.32 Å². The summed E-state index contributed by atoms with van der Waals surface area (Å²) in [6.07, 6.45) is 4.48. The first-order chi connectivity index (χ1) is 9.22. The Morgan fingerprint density at radius 2 is 2.16 bits per heavy atom. The Kier molecular flexibility index (Phi) is 3.63. The molecule has 4 heteroatoms. The number of imidazole rings is 1. The molecule has 3 heterocycles. The van der Waals surface area contributed by atoms with Crippen molar-refractivity contribution in [2.75, 3.05) is 19.8 Å². The minimum Gasteiger partial charge on any atom is -0.381 e. The number of nitrogens with zero attached hydrogens (tertiary/aromatic N) is 2. The molecule has 0 atom stereocenters. The summed E-state index contributed by atoms with van der Waals surface area (Å²) in [4.78, 5) is 4.84. The van der Waals surface area contributed by atoms with Gasteiger partial charge in [-0.15, -0.1) is 0 Å². The Labute approximate surface area is 115 Å². The maximum absolute atomic E-state index is 5.52. The van der Waals surface area contributed by atoms with Crippen LogP contribution in [-0.2, 0) is 30.7 Å². The second-order valence-electron chi connectivity index (χ2n) is 6.21. The van der Waals surface area contributed by atoms with Gasteiger partial charge in [0.15, 0.2) is 0 Å². The molecule has 106 valence electrons. The van der Waals surface area contributed by atoms with Crippen LogP contribution in [0.25, 0.3) is 0 Å². The quantitative estimate of drug-likeness (QED) is 0.905. The van der Waals surface area contributed by atoms with Crippen LogP contribution in [-0.4, -0.2) is 29.3 Å². The number of aryl methyl sites for hydroxylation is 1. The van der Waals surface area contributed by atoms with Crippen molar-refractivity contribution in [3.8, 4) is 0 Å². The van der Waals surface area contributed by atoms with Gasteiger partial charge in [0, 0.05) is 51.4 Å². The number of rotatable bonds is 3. The molecular weight excluding hydrogens is 238 g/mol. The number of nitrogens with one attached hydrogen (secondary N) is 1. The van der Waals surface area contributed by atoms with Gasteiger partial charge in [0.2, 0.25) is 0 Å².